The first-order chi connectivity index (χ1) is 11.3. The van der Waals surface area contributed by atoms with Crippen LogP contribution in [0.25, 0.3) is 0 Å². The Hall–Kier alpha value is -1.19. The van der Waals surface area contributed by atoms with Crippen molar-refractivity contribution in [2.45, 2.75) is 24.8 Å². The summed E-state index contributed by atoms with van der Waals surface area (Å²) in [7, 11) is -3.47. The quantitative estimate of drug-likeness (QED) is 0.722. The highest BCUT2D eigenvalue weighted by Crippen LogP contribution is 2.09. The van der Waals surface area contributed by atoms with Gasteiger partial charge in [-0.25, -0.2) is 13.1 Å². The lowest BCUT2D eigenvalue weighted by molar-refractivity contribution is -0.133. The van der Waals surface area contributed by atoms with E-state index in [1.54, 1.807) is 36.1 Å². The Labute approximate surface area is 156 Å². The number of nitrogens with one attached hydrogen (secondary N) is 1. The van der Waals surface area contributed by atoms with Gasteiger partial charge in [-0.2, -0.15) is 0 Å². The minimum absolute atomic E-state index is 0. The van der Waals surface area contributed by atoms with Gasteiger partial charge in [-0.3, -0.25) is 9.69 Å². The van der Waals surface area contributed by atoms with Crippen LogP contribution in [0.3, 0.4) is 0 Å². The van der Waals surface area contributed by atoms with E-state index in [2.05, 4.69) is 9.62 Å². The minimum atomic E-state index is -3.47. The lowest BCUT2D eigenvalue weighted by Crippen LogP contribution is -2.53. The van der Waals surface area contributed by atoms with Gasteiger partial charge >= 0.3 is 0 Å². The van der Waals surface area contributed by atoms with Crippen molar-refractivity contribution in [2.24, 2.45) is 5.73 Å². The van der Waals surface area contributed by atoms with Crippen molar-refractivity contribution in [3.05, 3.63) is 29.8 Å². The van der Waals surface area contributed by atoms with Gasteiger partial charge in [0.05, 0.1) is 10.9 Å². The first-order valence-electron chi connectivity index (χ1n) is 8.12. The number of carbonyl (C=O) groups is 1. The van der Waals surface area contributed by atoms with E-state index in [4.69, 9.17) is 5.73 Å². The summed E-state index contributed by atoms with van der Waals surface area (Å²) < 4.78 is 27.0. The molecule has 2 rings (SSSR count). The number of amides is 1. The number of piperazine rings is 1. The van der Waals surface area contributed by atoms with Gasteiger partial charge in [-0.05, 0) is 26.0 Å². The van der Waals surface area contributed by atoms with Crippen molar-refractivity contribution in [3.63, 3.8) is 0 Å². The van der Waals surface area contributed by atoms with E-state index in [0.29, 0.717) is 26.2 Å². The fourth-order valence-corrected chi connectivity index (χ4v) is 3.64. The monoisotopic (exact) mass is 390 g/mol. The van der Waals surface area contributed by atoms with E-state index in [-0.39, 0.29) is 23.2 Å². The third kappa shape index (κ3) is 6.23. The molecule has 1 amide bonds. The van der Waals surface area contributed by atoms with Crippen LogP contribution in [0.2, 0.25) is 0 Å². The largest absolute Gasteiger partial charge is 0.339 e. The van der Waals surface area contributed by atoms with Crippen LogP contribution in [0.4, 0.5) is 0 Å². The summed E-state index contributed by atoms with van der Waals surface area (Å²) in [5.41, 5.74) is 6.63. The summed E-state index contributed by atoms with van der Waals surface area (Å²) in [5.74, 6) is -0.0327. The standard InChI is InChI=1S/C16H26N4O3S.ClH/c1-13-3-5-15(6-4-13)24(22,23)18-7-8-19-9-11-20(12-10-19)16(21)14(2)17;/h3-6,14,18H,7-12,17H2,1-2H3;1H. The van der Waals surface area contributed by atoms with Gasteiger partial charge in [0.15, 0.2) is 0 Å². The minimum Gasteiger partial charge on any atom is -0.339 e. The molecule has 9 heteroatoms. The predicted octanol–water partition coefficient (Wildman–Crippen LogP) is 0.187. The summed E-state index contributed by atoms with van der Waals surface area (Å²) in [6.45, 7) is 7.28. The number of halogens is 1. The van der Waals surface area contributed by atoms with Crippen molar-refractivity contribution in [1.82, 2.24) is 14.5 Å². The highest BCUT2D eigenvalue weighted by Gasteiger charge is 2.23. The van der Waals surface area contributed by atoms with Gasteiger partial charge < -0.3 is 10.6 Å². The second kappa shape index (κ2) is 9.49. The van der Waals surface area contributed by atoms with Gasteiger partial charge in [0.1, 0.15) is 0 Å². The molecular weight excluding hydrogens is 364 g/mol. The molecule has 142 valence electrons. The lowest BCUT2D eigenvalue weighted by atomic mass is 10.2. The summed E-state index contributed by atoms with van der Waals surface area (Å²) in [6, 6.07) is 6.30. The van der Waals surface area contributed by atoms with Crippen LogP contribution in [0.1, 0.15) is 12.5 Å². The number of aryl methyl sites for hydroxylation is 1. The van der Waals surface area contributed by atoms with Crippen LogP contribution in [0.15, 0.2) is 29.2 Å². The first kappa shape index (κ1) is 21.9. The maximum atomic E-state index is 12.2. The Bertz CT molecular complexity index is 656. The fraction of sp³-hybridized carbons (Fsp3) is 0.562. The Balaban J connectivity index is 0.00000312. The molecule has 0 aliphatic carbocycles. The van der Waals surface area contributed by atoms with Crippen molar-refractivity contribution in [2.75, 3.05) is 39.3 Å². The number of hydrogen-bond donors (Lipinski definition) is 2. The summed E-state index contributed by atoms with van der Waals surface area (Å²) in [4.78, 5) is 16.0. The SMILES string of the molecule is Cc1ccc(S(=O)(=O)NCCN2CCN(C(=O)C(C)N)CC2)cc1.Cl. The molecule has 1 unspecified atom stereocenters. The van der Waals surface area contributed by atoms with E-state index in [1.807, 2.05) is 6.92 Å². The maximum absolute atomic E-state index is 12.2. The molecule has 0 aromatic heterocycles. The molecule has 1 heterocycles. The molecule has 1 aliphatic rings. The zero-order valence-corrected chi connectivity index (χ0v) is 16.3. The molecule has 1 aromatic rings. The van der Waals surface area contributed by atoms with E-state index < -0.39 is 16.1 Å². The first-order valence-corrected chi connectivity index (χ1v) is 9.61. The second-order valence-corrected chi connectivity index (χ2v) is 7.93. The molecule has 3 N–H and O–H groups in total. The molecule has 1 atom stereocenters. The Morgan fingerprint density at radius 3 is 2.28 bits per heavy atom. The predicted molar refractivity (Wildman–Crippen MR) is 100 cm³/mol. The molecule has 0 saturated carbocycles. The van der Waals surface area contributed by atoms with Gasteiger partial charge in [-0.1, -0.05) is 17.7 Å². The van der Waals surface area contributed by atoms with Gasteiger partial charge in [-0.15, -0.1) is 12.4 Å². The van der Waals surface area contributed by atoms with E-state index in [0.717, 1.165) is 18.7 Å². The maximum Gasteiger partial charge on any atom is 0.240 e. The zero-order valence-electron chi connectivity index (χ0n) is 14.6. The van der Waals surface area contributed by atoms with E-state index in [9.17, 15) is 13.2 Å². The molecule has 1 aromatic carbocycles. The lowest BCUT2D eigenvalue weighted by Gasteiger charge is -2.35. The molecule has 1 aliphatic heterocycles. The van der Waals surface area contributed by atoms with Gasteiger partial charge in [0.2, 0.25) is 15.9 Å². The number of sulfonamides is 1. The van der Waals surface area contributed by atoms with Crippen LogP contribution in [-0.4, -0.2) is 69.4 Å². The Kier molecular flexibility index (Phi) is 8.30. The van der Waals surface area contributed by atoms with Crippen molar-refractivity contribution < 1.29 is 13.2 Å². The Morgan fingerprint density at radius 2 is 1.76 bits per heavy atom. The molecule has 7 nitrogen and oxygen atoms in total. The molecule has 1 fully saturated rings. The number of carbonyl (C=O) groups excluding carboxylic acids is 1. The number of hydrogen-bond acceptors (Lipinski definition) is 5. The van der Waals surface area contributed by atoms with Crippen LogP contribution >= 0.6 is 12.4 Å². The zero-order chi connectivity index (χ0) is 17.7. The second-order valence-electron chi connectivity index (χ2n) is 6.17. The normalized spacial score (nSPS) is 17.0. The van der Waals surface area contributed by atoms with Crippen LogP contribution in [0, 0.1) is 6.92 Å². The van der Waals surface area contributed by atoms with Crippen LogP contribution in [-0.2, 0) is 14.8 Å². The average molecular weight is 391 g/mol. The molecule has 0 bridgehead atoms. The van der Waals surface area contributed by atoms with Gasteiger partial charge in [0, 0.05) is 39.3 Å². The molecule has 25 heavy (non-hydrogen) atoms. The highest BCUT2D eigenvalue weighted by molar-refractivity contribution is 7.89. The third-order valence-corrected chi connectivity index (χ3v) is 5.60. The van der Waals surface area contributed by atoms with Gasteiger partial charge in [0.25, 0.3) is 0 Å². The molecule has 0 spiro atoms. The van der Waals surface area contributed by atoms with Crippen LogP contribution in [0.5, 0.6) is 0 Å². The van der Waals surface area contributed by atoms with Crippen molar-refractivity contribution in [3.8, 4) is 0 Å². The fourth-order valence-electron chi connectivity index (χ4n) is 2.62. The topological polar surface area (TPSA) is 95.7 Å². The van der Waals surface area contributed by atoms with E-state index in [1.165, 1.54) is 0 Å². The average Bonchev–Trinajstić information content (AvgIpc) is 2.55. The smallest absolute Gasteiger partial charge is 0.240 e. The number of benzene rings is 1. The van der Waals surface area contributed by atoms with Crippen LogP contribution < -0.4 is 10.5 Å². The number of nitrogens with two attached hydrogens (primary N) is 1. The molecule has 1 saturated heterocycles. The third-order valence-electron chi connectivity index (χ3n) is 4.12. The Morgan fingerprint density at radius 1 is 1.20 bits per heavy atom. The number of rotatable bonds is 6. The highest BCUT2D eigenvalue weighted by atomic mass is 35.5. The van der Waals surface area contributed by atoms with E-state index >= 15 is 0 Å². The van der Waals surface area contributed by atoms with Crippen molar-refractivity contribution >= 4 is 28.3 Å². The summed E-state index contributed by atoms with van der Waals surface area (Å²) >= 11 is 0. The molecule has 0 radical (unpaired) electrons. The van der Waals surface area contributed by atoms with Crippen molar-refractivity contribution in [1.29, 1.82) is 0 Å². The number of nitrogens with zero attached hydrogens (tertiary/aromatic N) is 2. The summed E-state index contributed by atoms with van der Waals surface area (Å²) in [5, 5.41) is 0. The molecular formula is C16H27ClN4O3S. The summed E-state index contributed by atoms with van der Waals surface area (Å²) in [6.07, 6.45) is 0.